The van der Waals surface area contributed by atoms with Crippen molar-refractivity contribution in [2.45, 2.75) is 38.6 Å². The molecule has 0 unspecified atom stereocenters. The minimum absolute atomic E-state index is 0.268. The van der Waals surface area contributed by atoms with Gasteiger partial charge in [-0.25, -0.2) is 4.79 Å². The fourth-order valence-electron chi connectivity index (χ4n) is 2.20. The molecule has 1 aliphatic rings. The maximum absolute atomic E-state index is 10.9. The normalized spacial score (nSPS) is 22.5. The van der Waals surface area contributed by atoms with Crippen LogP contribution in [0.5, 0.6) is 0 Å². The van der Waals surface area contributed by atoms with E-state index in [9.17, 15) is 4.79 Å². The average molecular weight is 214 g/mol. The summed E-state index contributed by atoms with van der Waals surface area (Å²) in [5.41, 5.74) is -0.268. The van der Waals surface area contributed by atoms with Crippen molar-refractivity contribution < 1.29 is 9.90 Å². The predicted octanol–water partition coefficient (Wildman–Crippen LogP) is 1.76. The van der Waals surface area contributed by atoms with E-state index in [1.54, 1.807) is 7.05 Å². The molecule has 15 heavy (non-hydrogen) atoms. The van der Waals surface area contributed by atoms with Crippen LogP contribution < -0.4 is 5.32 Å². The van der Waals surface area contributed by atoms with Crippen LogP contribution in [0.1, 0.15) is 33.1 Å². The second-order valence-electron chi connectivity index (χ2n) is 5.07. The van der Waals surface area contributed by atoms with Gasteiger partial charge >= 0.3 is 6.09 Å². The molecular formula is C11H22N2O2. The lowest BCUT2D eigenvalue weighted by Crippen LogP contribution is -2.47. The first-order valence-electron chi connectivity index (χ1n) is 5.61. The van der Waals surface area contributed by atoms with Gasteiger partial charge in [0, 0.05) is 12.6 Å². The number of rotatable bonds is 3. The largest absolute Gasteiger partial charge is 0.465 e. The van der Waals surface area contributed by atoms with E-state index >= 15 is 0 Å². The van der Waals surface area contributed by atoms with E-state index in [0.29, 0.717) is 5.92 Å². The predicted molar refractivity (Wildman–Crippen MR) is 60.1 cm³/mol. The Bertz CT molecular complexity index is 223. The molecule has 1 aliphatic heterocycles. The van der Waals surface area contributed by atoms with Gasteiger partial charge in [-0.3, -0.25) is 0 Å². The number of nitrogens with one attached hydrogen (secondary N) is 1. The van der Waals surface area contributed by atoms with E-state index in [0.717, 1.165) is 19.5 Å². The van der Waals surface area contributed by atoms with Crippen molar-refractivity contribution in [3.05, 3.63) is 0 Å². The molecule has 1 atom stereocenters. The molecule has 2 N–H and O–H groups in total. The minimum atomic E-state index is -0.844. The zero-order valence-corrected chi connectivity index (χ0v) is 9.92. The van der Waals surface area contributed by atoms with Crippen LogP contribution in [0.4, 0.5) is 4.79 Å². The number of carboxylic acid groups (broad SMARTS) is 1. The highest BCUT2D eigenvalue weighted by Crippen LogP contribution is 2.26. The first kappa shape index (κ1) is 12.3. The van der Waals surface area contributed by atoms with Crippen LogP contribution in [-0.2, 0) is 0 Å². The third kappa shape index (κ3) is 3.38. The smallest absolute Gasteiger partial charge is 0.407 e. The number of carbonyl (C=O) groups is 1. The van der Waals surface area contributed by atoms with Crippen LogP contribution in [0.3, 0.4) is 0 Å². The summed E-state index contributed by atoms with van der Waals surface area (Å²) in [5.74, 6) is 0.607. The molecule has 1 amide bonds. The van der Waals surface area contributed by atoms with Crippen molar-refractivity contribution in [1.82, 2.24) is 10.2 Å². The van der Waals surface area contributed by atoms with Gasteiger partial charge in [0.2, 0.25) is 0 Å². The molecule has 4 nitrogen and oxygen atoms in total. The molecule has 1 saturated heterocycles. The summed E-state index contributed by atoms with van der Waals surface area (Å²) in [5, 5.41) is 12.3. The van der Waals surface area contributed by atoms with Gasteiger partial charge in [-0.15, -0.1) is 0 Å². The van der Waals surface area contributed by atoms with Crippen LogP contribution in [0.2, 0.25) is 0 Å². The lowest BCUT2D eigenvalue weighted by Gasteiger charge is -2.37. The third-order valence-corrected chi connectivity index (χ3v) is 3.38. The Kier molecular flexibility index (Phi) is 3.97. The Morgan fingerprint density at radius 2 is 2.27 bits per heavy atom. The number of hydrogen-bond acceptors (Lipinski definition) is 2. The van der Waals surface area contributed by atoms with Crippen molar-refractivity contribution in [3.8, 4) is 0 Å². The standard InChI is InChI=1S/C11H22N2O2/c1-11(2,13(3)10(14)15)7-9-5-4-6-12-8-9/h9,12H,4-8H2,1-3H3,(H,14,15)/t9-/m0/s1. The van der Waals surface area contributed by atoms with E-state index < -0.39 is 6.09 Å². The van der Waals surface area contributed by atoms with Crippen LogP contribution >= 0.6 is 0 Å². The summed E-state index contributed by atoms with van der Waals surface area (Å²) in [6.07, 6.45) is 2.51. The summed E-state index contributed by atoms with van der Waals surface area (Å²) in [6, 6.07) is 0. The highest BCUT2D eigenvalue weighted by Gasteiger charge is 2.30. The molecule has 0 bridgehead atoms. The van der Waals surface area contributed by atoms with Gasteiger partial charge in [0.25, 0.3) is 0 Å². The highest BCUT2D eigenvalue weighted by molar-refractivity contribution is 5.65. The van der Waals surface area contributed by atoms with Gasteiger partial charge in [-0.1, -0.05) is 0 Å². The van der Waals surface area contributed by atoms with E-state index in [1.165, 1.54) is 17.7 Å². The fourth-order valence-corrected chi connectivity index (χ4v) is 2.20. The summed E-state index contributed by atoms with van der Waals surface area (Å²) >= 11 is 0. The molecule has 0 aliphatic carbocycles. The number of piperidine rings is 1. The Morgan fingerprint density at radius 1 is 1.60 bits per heavy atom. The van der Waals surface area contributed by atoms with Gasteiger partial charge in [0.1, 0.15) is 0 Å². The van der Waals surface area contributed by atoms with Gasteiger partial charge in [-0.05, 0) is 52.1 Å². The Morgan fingerprint density at radius 3 is 2.73 bits per heavy atom. The Hall–Kier alpha value is -0.770. The first-order chi connectivity index (χ1) is 6.93. The van der Waals surface area contributed by atoms with Gasteiger partial charge in [0.15, 0.2) is 0 Å². The van der Waals surface area contributed by atoms with Crippen molar-refractivity contribution >= 4 is 6.09 Å². The van der Waals surface area contributed by atoms with Crippen LogP contribution in [0, 0.1) is 5.92 Å². The fraction of sp³-hybridized carbons (Fsp3) is 0.909. The molecule has 88 valence electrons. The topological polar surface area (TPSA) is 52.6 Å². The van der Waals surface area contributed by atoms with Crippen molar-refractivity contribution in [3.63, 3.8) is 0 Å². The molecule has 0 aromatic rings. The summed E-state index contributed by atoms with van der Waals surface area (Å²) in [6.45, 7) is 6.12. The number of hydrogen-bond donors (Lipinski definition) is 2. The van der Waals surface area contributed by atoms with E-state index in [4.69, 9.17) is 5.11 Å². The second-order valence-corrected chi connectivity index (χ2v) is 5.07. The van der Waals surface area contributed by atoms with Crippen LogP contribution in [0.25, 0.3) is 0 Å². The lowest BCUT2D eigenvalue weighted by atomic mass is 9.85. The van der Waals surface area contributed by atoms with Gasteiger partial charge < -0.3 is 15.3 Å². The molecule has 1 rings (SSSR count). The Labute approximate surface area is 91.6 Å². The van der Waals surface area contributed by atoms with Crippen LogP contribution in [-0.4, -0.2) is 41.8 Å². The zero-order chi connectivity index (χ0) is 11.5. The third-order valence-electron chi connectivity index (χ3n) is 3.38. The maximum Gasteiger partial charge on any atom is 0.407 e. The zero-order valence-electron chi connectivity index (χ0n) is 9.92. The quantitative estimate of drug-likeness (QED) is 0.752. The molecule has 0 aromatic heterocycles. The highest BCUT2D eigenvalue weighted by atomic mass is 16.4. The summed E-state index contributed by atoms with van der Waals surface area (Å²) in [7, 11) is 1.65. The molecule has 0 radical (unpaired) electrons. The number of amides is 1. The molecule has 0 aromatic carbocycles. The summed E-state index contributed by atoms with van der Waals surface area (Å²) in [4.78, 5) is 12.3. The van der Waals surface area contributed by atoms with Crippen molar-refractivity contribution in [1.29, 1.82) is 0 Å². The number of nitrogens with zero attached hydrogens (tertiary/aromatic N) is 1. The average Bonchev–Trinajstić information content (AvgIpc) is 2.17. The SMILES string of the molecule is CN(C(=O)O)C(C)(C)C[C@@H]1CCCNC1. The molecule has 0 saturated carbocycles. The Balaban J connectivity index is 2.50. The van der Waals surface area contributed by atoms with E-state index in [1.807, 2.05) is 13.8 Å². The maximum atomic E-state index is 10.9. The van der Waals surface area contributed by atoms with E-state index in [2.05, 4.69) is 5.32 Å². The minimum Gasteiger partial charge on any atom is -0.465 e. The molecule has 0 spiro atoms. The van der Waals surface area contributed by atoms with Crippen molar-refractivity contribution in [2.24, 2.45) is 5.92 Å². The van der Waals surface area contributed by atoms with Gasteiger partial charge in [0.05, 0.1) is 0 Å². The lowest BCUT2D eigenvalue weighted by molar-refractivity contribution is 0.0930. The van der Waals surface area contributed by atoms with Crippen LogP contribution in [0.15, 0.2) is 0 Å². The van der Waals surface area contributed by atoms with Gasteiger partial charge in [-0.2, -0.15) is 0 Å². The molecular weight excluding hydrogens is 192 g/mol. The van der Waals surface area contributed by atoms with Crippen molar-refractivity contribution in [2.75, 3.05) is 20.1 Å². The first-order valence-corrected chi connectivity index (χ1v) is 5.61. The monoisotopic (exact) mass is 214 g/mol. The molecule has 1 heterocycles. The molecule has 1 fully saturated rings. The van der Waals surface area contributed by atoms with E-state index in [-0.39, 0.29) is 5.54 Å². The second kappa shape index (κ2) is 4.84. The molecule has 4 heteroatoms. The summed E-state index contributed by atoms with van der Waals surface area (Å²) < 4.78 is 0.